The lowest BCUT2D eigenvalue weighted by Gasteiger charge is -2.19. The summed E-state index contributed by atoms with van der Waals surface area (Å²) in [7, 11) is 0. The van der Waals surface area contributed by atoms with Crippen LogP contribution in [-0.4, -0.2) is 30.0 Å². The fraction of sp³-hybridized carbons (Fsp3) is 0.500. The van der Waals surface area contributed by atoms with E-state index in [0.717, 1.165) is 24.0 Å². The molecule has 0 aliphatic heterocycles. The number of hydrogen-bond acceptors (Lipinski definition) is 1. The zero-order chi connectivity index (χ0) is 13.1. The molecule has 1 aromatic carbocycles. The minimum Gasteiger partial charge on any atom is -0.370 e. The molecule has 0 radical (unpaired) electrons. The maximum Gasteiger partial charge on any atom is 0.191 e. The van der Waals surface area contributed by atoms with Crippen LogP contribution in [0.5, 0.6) is 0 Å². The van der Waals surface area contributed by atoms with Gasteiger partial charge in [-0.3, -0.25) is 0 Å². The van der Waals surface area contributed by atoms with Gasteiger partial charge in [0.25, 0.3) is 0 Å². The molecule has 1 aliphatic carbocycles. The normalized spacial score (nSPS) is 21.7. The van der Waals surface area contributed by atoms with Crippen LogP contribution in [0.2, 0.25) is 0 Å². The van der Waals surface area contributed by atoms with Crippen LogP contribution in [0.4, 0.5) is 0 Å². The summed E-state index contributed by atoms with van der Waals surface area (Å²) in [5, 5.41) is 0. The first-order valence-corrected chi connectivity index (χ1v) is 7.28. The molecule has 5 heteroatoms. The van der Waals surface area contributed by atoms with Gasteiger partial charge in [-0.2, -0.15) is 0 Å². The summed E-state index contributed by atoms with van der Waals surface area (Å²) in [6.45, 7) is 6.04. The topological polar surface area (TPSA) is 41.6 Å². The van der Waals surface area contributed by atoms with Gasteiger partial charge in [0.1, 0.15) is 0 Å². The maximum absolute atomic E-state index is 6.01. The fourth-order valence-electron chi connectivity index (χ4n) is 2.19. The van der Waals surface area contributed by atoms with Crippen LogP contribution < -0.4 is 5.73 Å². The Morgan fingerprint density at radius 3 is 2.42 bits per heavy atom. The number of benzene rings is 1. The number of nitrogens with zero attached hydrogens (tertiary/aromatic N) is 2. The number of rotatable bonds is 4. The average Bonchev–Trinajstić information content (AvgIpc) is 3.11. The van der Waals surface area contributed by atoms with Crippen molar-refractivity contribution in [3.63, 3.8) is 0 Å². The second-order valence-corrected chi connectivity index (χ2v) is 5.54. The van der Waals surface area contributed by atoms with Crippen LogP contribution >= 0.6 is 39.9 Å². The Hall–Kier alpha value is -0.300. The highest BCUT2D eigenvalue weighted by Gasteiger charge is 2.38. The molecule has 106 valence electrons. The molecule has 0 saturated heterocycles. The van der Waals surface area contributed by atoms with Gasteiger partial charge in [0.05, 0.1) is 6.04 Å². The molecule has 2 rings (SSSR count). The zero-order valence-corrected chi connectivity index (χ0v) is 15.3. The van der Waals surface area contributed by atoms with Gasteiger partial charge >= 0.3 is 0 Å². The third-order valence-corrected chi connectivity index (χ3v) is 3.97. The third-order valence-electron chi connectivity index (χ3n) is 3.44. The van der Waals surface area contributed by atoms with E-state index < -0.39 is 0 Å². The number of hydrogen-bond donors (Lipinski definition) is 1. The summed E-state index contributed by atoms with van der Waals surface area (Å²) >= 11 is 3.45. The van der Waals surface area contributed by atoms with Crippen molar-refractivity contribution >= 4 is 45.9 Å². The Kier molecular flexibility index (Phi) is 6.59. The Morgan fingerprint density at radius 1 is 1.32 bits per heavy atom. The summed E-state index contributed by atoms with van der Waals surface area (Å²) < 4.78 is 1.12. The van der Waals surface area contributed by atoms with Gasteiger partial charge < -0.3 is 10.6 Å². The average molecular weight is 438 g/mol. The van der Waals surface area contributed by atoms with Crippen molar-refractivity contribution in [2.45, 2.75) is 32.2 Å². The molecule has 19 heavy (non-hydrogen) atoms. The minimum absolute atomic E-state index is 0. The number of aliphatic imine (C=N–C) groups is 1. The van der Waals surface area contributed by atoms with Crippen molar-refractivity contribution in [1.82, 2.24) is 4.90 Å². The minimum atomic E-state index is 0. The van der Waals surface area contributed by atoms with E-state index in [9.17, 15) is 0 Å². The summed E-state index contributed by atoms with van der Waals surface area (Å²) in [5.41, 5.74) is 7.37. The summed E-state index contributed by atoms with van der Waals surface area (Å²) in [6, 6.07) is 8.87. The van der Waals surface area contributed by atoms with Crippen LogP contribution in [0, 0.1) is 0 Å². The first kappa shape index (κ1) is 16.8. The number of nitrogens with two attached hydrogens (primary N) is 1. The van der Waals surface area contributed by atoms with Crippen LogP contribution in [0.3, 0.4) is 0 Å². The largest absolute Gasteiger partial charge is 0.370 e. The predicted molar refractivity (Wildman–Crippen MR) is 95.2 cm³/mol. The van der Waals surface area contributed by atoms with Crippen LogP contribution in [0.1, 0.15) is 31.7 Å². The third kappa shape index (κ3) is 4.34. The van der Waals surface area contributed by atoms with Crippen LogP contribution in [0.25, 0.3) is 0 Å². The quantitative estimate of drug-likeness (QED) is 0.444. The summed E-state index contributed by atoms with van der Waals surface area (Å²) in [6.07, 6.45) is 1.11. The van der Waals surface area contributed by atoms with E-state index in [1.54, 1.807) is 0 Å². The molecule has 2 atom stereocenters. The predicted octanol–water partition coefficient (Wildman–Crippen LogP) is 3.58. The van der Waals surface area contributed by atoms with Crippen molar-refractivity contribution in [3.05, 3.63) is 34.3 Å². The second kappa shape index (κ2) is 7.47. The molecule has 2 unspecified atom stereocenters. The Balaban J connectivity index is 0.00000180. The van der Waals surface area contributed by atoms with E-state index >= 15 is 0 Å². The molecule has 0 aromatic heterocycles. The highest BCUT2D eigenvalue weighted by molar-refractivity contribution is 14.0. The molecule has 2 N–H and O–H groups in total. The van der Waals surface area contributed by atoms with Crippen molar-refractivity contribution in [2.24, 2.45) is 10.7 Å². The lowest BCUT2D eigenvalue weighted by Crippen LogP contribution is -2.37. The van der Waals surface area contributed by atoms with Gasteiger partial charge in [0.15, 0.2) is 5.96 Å². The van der Waals surface area contributed by atoms with E-state index in [-0.39, 0.29) is 24.0 Å². The molecular weight excluding hydrogens is 417 g/mol. The summed E-state index contributed by atoms with van der Waals surface area (Å²) in [4.78, 5) is 6.71. The lowest BCUT2D eigenvalue weighted by molar-refractivity contribution is 0.458. The molecule has 1 saturated carbocycles. The van der Waals surface area contributed by atoms with Gasteiger partial charge in [0, 0.05) is 23.5 Å². The van der Waals surface area contributed by atoms with Gasteiger partial charge in [-0.1, -0.05) is 28.1 Å². The van der Waals surface area contributed by atoms with Gasteiger partial charge in [0.2, 0.25) is 0 Å². The Bertz CT molecular complexity index is 429. The van der Waals surface area contributed by atoms with Gasteiger partial charge in [-0.05, 0) is 38.0 Å². The van der Waals surface area contributed by atoms with E-state index in [1.807, 2.05) is 0 Å². The number of halogens is 2. The molecule has 0 amide bonds. The van der Waals surface area contributed by atoms with Crippen LogP contribution in [0.15, 0.2) is 33.7 Å². The zero-order valence-electron chi connectivity index (χ0n) is 11.3. The highest BCUT2D eigenvalue weighted by Crippen LogP contribution is 2.43. The van der Waals surface area contributed by atoms with Gasteiger partial charge in [-0.15, -0.1) is 24.0 Å². The second-order valence-electron chi connectivity index (χ2n) is 4.62. The molecule has 1 aliphatic rings. The smallest absolute Gasteiger partial charge is 0.191 e. The van der Waals surface area contributed by atoms with Crippen LogP contribution in [-0.2, 0) is 0 Å². The first-order valence-electron chi connectivity index (χ1n) is 6.49. The monoisotopic (exact) mass is 437 g/mol. The number of guanidine groups is 1. The Morgan fingerprint density at radius 2 is 1.89 bits per heavy atom. The van der Waals surface area contributed by atoms with Gasteiger partial charge in [-0.25, -0.2) is 4.99 Å². The molecule has 0 bridgehead atoms. The SMILES string of the molecule is CCN(CC)C(N)=NC1CC1c1ccc(Br)cc1.I. The fourth-order valence-corrected chi connectivity index (χ4v) is 2.46. The van der Waals surface area contributed by atoms with E-state index in [2.05, 4.69) is 63.9 Å². The molecular formula is C14H21BrIN3. The molecule has 1 aromatic rings. The molecule has 0 spiro atoms. The van der Waals surface area contributed by atoms with E-state index in [1.165, 1.54) is 5.56 Å². The molecule has 3 nitrogen and oxygen atoms in total. The van der Waals surface area contributed by atoms with Crippen molar-refractivity contribution in [3.8, 4) is 0 Å². The van der Waals surface area contributed by atoms with Crippen molar-refractivity contribution < 1.29 is 0 Å². The first-order chi connectivity index (χ1) is 8.65. The maximum atomic E-state index is 6.01. The van der Waals surface area contributed by atoms with Crippen molar-refractivity contribution in [1.29, 1.82) is 0 Å². The van der Waals surface area contributed by atoms with E-state index in [4.69, 9.17) is 5.73 Å². The summed E-state index contributed by atoms with van der Waals surface area (Å²) in [5.74, 6) is 1.23. The Labute approximate surface area is 140 Å². The molecule has 0 heterocycles. The van der Waals surface area contributed by atoms with E-state index in [0.29, 0.717) is 17.9 Å². The highest BCUT2D eigenvalue weighted by atomic mass is 127. The standard InChI is InChI=1S/C14H20BrN3.HI/c1-3-18(4-2)14(16)17-13-9-12(13)10-5-7-11(15)8-6-10;/h5-8,12-13H,3-4,9H2,1-2H3,(H2,16,17);1H. The molecule has 1 fully saturated rings. The van der Waals surface area contributed by atoms with Crippen molar-refractivity contribution in [2.75, 3.05) is 13.1 Å². The lowest BCUT2D eigenvalue weighted by atomic mass is 10.1.